The fraction of sp³-hybridized carbons (Fsp3) is 0.214. The minimum absolute atomic E-state index is 0.0309. The summed E-state index contributed by atoms with van der Waals surface area (Å²) >= 11 is 0. The molecule has 2 aromatic heterocycles. The summed E-state index contributed by atoms with van der Waals surface area (Å²) in [5.41, 5.74) is 3.50. The van der Waals surface area contributed by atoms with E-state index in [0.717, 1.165) is 29.8 Å². The molecule has 0 aliphatic carbocycles. The Hall–Kier alpha value is -4.13. The predicted molar refractivity (Wildman–Crippen MR) is 130 cm³/mol. The van der Waals surface area contributed by atoms with Crippen molar-refractivity contribution in [2.45, 2.75) is 25.2 Å². The van der Waals surface area contributed by atoms with Gasteiger partial charge in [-0.2, -0.15) is 0 Å². The number of likely N-dealkylation sites (tertiary alicyclic amines) is 1. The Balaban J connectivity index is 1.27. The van der Waals surface area contributed by atoms with Crippen molar-refractivity contribution in [3.8, 4) is 11.8 Å². The van der Waals surface area contributed by atoms with Crippen LogP contribution in [0.5, 0.6) is 11.8 Å². The third-order valence-corrected chi connectivity index (χ3v) is 6.09. The number of piperidine rings is 1. The molecule has 2 aromatic carbocycles. The molecule has 5 rings (SSSR count). The topological polar surface area (TPSA) is 68.2 Å². The Bertz CT molecular complexity index is 1300. The van der Waals surface area contributed by atoms with Crippen LogP contribution in [0.1, 0.15) is 46.1 Å². The van der Waals surface area contributed by atoms with E-state index in [1.54, 1.807) is 54.9 Å². The van der Waals surface area contributed by atoms with E-state index in [-0.39, 0.29) is 23.7 Å². The van der Waals surface area contributed by atoms with Gasteiger partial charge in [0.1, 0.15) is 11.6 Å². The maximum absolute atomic E-state index is 13.3. The molecule has 0 spiro atoms. The fourth-order valence-electron chi connectivity index (χ4n) is 4.36. The van der Waals surface area contributed by atoms with Crippen molar-refractivity contribution in [3.05, 3.63) is 114 Å². The molecule has 4 aromatic rings. The summed E-state index contributed by atoms with van der Waals surface area (Å²) in [5.74, 6) is 0.410. The molecule has 1 saturated heterocycles. The Kier molecular flexibility index (Phi) is 6.75. The molecule has 0 saturated carbocycles. The second-order valence-electron chi connectivity index (χ2n) is 8.61. The summed E-state index contributed by atoms with van der Waals surface area (Å²) in [6.45, 7) is 1.32. The zero-order valence-electron chi connectivity index (χ0n) is 19.2. The van der Waals surface area contributed by atoms with Gasteiger partial charge in [0.2, 0.25) is 0 Å². The van der Waals surface area contributed by atoms with Gasteiger partial charge >= 0.3 is 6.01 Å². The van der Waals surface area contributed by atoms with Gasteiger partial charge in [0.25, 0.3) is 5.91 Å². The first-order valence-electron chi connectivity index (χ1n) is 11.7. The van der Waals surface area contributed by atoms with Crippen molar-refractivity contribution < 1.29 is 13.9 Å². The summed E-state index contributed by atoms with van der Waals surface area (Å²) in [6.07, 6.45) is 5.74. The normalized spacial score (nSPS) is 15.6. The van der Waals surface area contributed by atoms with Crippen LogP contribution in [0, 0.1) is 5.82 Å². The molecular formula is C28H25FN4O2. The zero-order chi connectivity index (χ0) is 24.0. The molecule has 1 fully saturated rings. The molecule has 1 aliphatic heterocycles. The van der Waals surface area contributed by atoms with Crippen LogP contribution >= 0.6 is 0 Å². The van der Waals surface area contributed by atoms with Crippen LogP contribution in [0.25, 0.3) is 0 Å². The highest BCUT2D eigenvalue weighted by Gasteiger charge is 2.26. The SMILES string of the molecule is O=C(c1cccc(Oc2ncccn2)c1)N1CCCC(c2cccc(Cc3ccc(F)cc3)n2)C1. The molecule has 1 amide bonds. The van der Waals surface area contributed by atoms with Gasteiger partial charge in [-0.05, 0) is 66.9 Å². The number of benzene rings is 2. The van der Waals surface area contributed by atoms with Gasteiger partial charge in [-0.1, -0.05) is 24.3 Å². The molecule has 6 nitrogen and oxygen atoms in total. The first-order valence-corrected chi connectivity index (χ1v) is 11.7. The smallest absolute Gasteiger partial charge is 0.321 e. The summed E-state index contributed by atoms with van der Waals surface area (Å²) in [4.78, 5) is 28.2. The number of hydrogen-bond donors (Lipinski definition) is 0. The highest BCUT2D eigenvalue weighted by molar-refractivity contribution is 5.94. The molecule has 0 radical (unpaired) electrons. The van der Waals surface area contributed by atoms with E-state index in [1.165, 1.54) is 12.1 Å². The highest BCUT2D eigenvalue weighted by Crippen LogP contribution is 2.28. The van der Waals surface area contributed by atoms with E-state index in [9.17, 15) is 9.18 Å². The molecule has 176 valence electrons. The number of amides is 1. The van der Waals surface area contributed by atoms with Crippen LogP contribution < -0.4 is 4.74 Å². The van der Waals surface area contributed by atoms with Gasteiger partial charge in [0.05, 0.1) is 0 Å². The number of aromatic nitrogens is 3. The van der Waals surface area contributed by atoms with Crippen molar-refractivity contribution in [2.24, 2.45) is 0 Å². The molecule has 35 heavy (non-hydrogen) atoms. The standard InChI is InChI=1S/C28H25FN4O2/c29-23-12-10-20(11-13-23)17-24-7-2-9-26(32-24)22-6-3-16-33(19-22)27(34)21-5-1-8-25(18-21)35-28-30-14-4-15-31-28/h1-2,4-5,7-15,18,22H,3,6,16-17,19H2. The molecular weight excluding hydrogens is 443 g/mol. The Morgan fingerprint density at radius 2 is 1.80 bits per heavy atom. The average Bonchev–Trinajstić information content (AvgIpc) is 2.91. The monoisotopic (exact) mass is 468 g/mol. The van der Waals surface area contributed by atoms with Gasteiger partial charge in [0.15, 0.2) is 0 Å². The van der Waals surface area contributed by atoms with E-state index in [0.29, 0.717) is 30.8 Å². The highest BCUT2D eigenvalue weighted by atomic mass is 19.1. The van der Waals surface area contributed by atoms with Gasteiger partial charge < -0.3 is 9.64 Å². The third-order valence-electron chi connectivity index (χ3n) is 6.09. The molecule has 0 N–H and O–H groups in total. The Labute approximate surface area is 203 Å². The minimum atomic E-state index is -0.243. The summed E-state index contributed by atoms with van der Waals surface area (Å²) < 4.78 is 18.9. The molecule has 1 unspecified atom stereocenters. The van der Waals surface area contributed by atoms with Crippen molar-refractivity contribution in [1.29, 1.82) is 0 Å². The van der Waals surface area contributed by atoms with Crippen molar-refractivity contribution in [2.75, 3.05) is 13.1 Å². The summed E-state index contributed by atoms with van der Waals surface area (Å²) in [6, 6.07) is 21.6. The first-order chi connectivity index (χ1) is 17.1. The average molecular weight is 469 g/mol. The molecule has 7 heteroatoms. The number of ether oxygens (including phenoxy) is 1. The molecule has 0 bridgehead atoms. The van der Waals surface area contributed by atoms with Crippen molar-refractivity contribution >= 4 is 5.91 Å². The van der Waals surface area contributed by atoms with Crippen LogP contribution in [0.2, 0.25) is 0 Å². The molecule has 1 atom stereocenters. The summed E-state index contributed by atoms with van der Waals surface area (Å²) in [7, 11) is 0. The number of hydrogen-bond acceptors (Lipinski definition) is 5. The minimum Gasteiger partial charge on any atom is -0.424 e. The van der Waals surface area contributed by atoms with E-state index < -0.39 is 0 Å². The van der Waals surface area contributed by atoms with Crippen LogP contribution in [-0.4, -0.2) is 38.8 Å². The van der Waals surface area contributed by atoms with E-state index >= 15 is 0 Å². The summed E-state index contributed by atoms with van der Waals surface area (Å²) in [5, 5.41) is 0. The number of nitrogens with zero attached hydrogens (tertiary/aromatic N) is 4. The second kappa shape index (κ2) is 10.4. The lowest BCUT2D eigenvalue weighted by Crippen LogP contribution is -2.39. The second-order valence-corrected chi connectivity index (χ2v) is 8.61. The molecule has 1 aliphatic rings. The fourth-order valence-corrected chi connectivity index (χ4v) is 4.36. The van der Waals surface area contributed by atoms with Gasteiger partial charge in [0, 0.05) is 54.8 Å². The number of carbonyl (C=O) groups is 1. The van der Waals surface area contributed by atoms with Gasteiger partial charge in [-0.15, -0.1) is 0 Å². The maximum Gasteiger partial charge on any atom is 0.321 e. The lowest BCUT2D eigenvalue weighted by atomic mass is 9.93. The first kappa shape index (κ1) is 22.7. The lowest BCUT2D eigenvalue weighted by molar-refractivity contribution is 0.0705. The Morgan fingerprint density at radius 1 is 1.00 bits per heavy atom. The quantitative estimate of drug-likeness (QED) is 0.378. The van der Waals surface area contributed by atoms with Crippen LogP contribution in [0.3, 0.4) is 0 Å². The zero-order valence-corrected chi connectivity index (χ0v) is 19.2. The Morgan fingerprint density at radius 3 is 2.63 bits per heavy atom. The molecule has 3 heterocycles. The maximum atomic E-state index is 13.3. The number of rotatable bonds is 6. The van der Waals surface area contributed by atoms with E-state index in [4.69, 9.17) is 9.72 Å². The van der Waals surface area contributed by atoms with Crippen molar-refractivity contribution in [1.82, 2.24) is 19.9 Å². The van der Waals surface area contributed by atoms with E-state index in [2.05, 4.69) is 9.97 Å². The van der Waals surface area contributed by atoms with Crippen LogP contribution in [0.15, 0.2) is 85.2 Å². The van der Waals surface area contributed by atoms with Crippen LogP contribution in [-0.2, 0) is 6.42 Å². The van der Waals surface area contributed by atoms with Crippen LogP contribution in [0.4, 0.5) is 4.39 Å². The van der Waals surface area contributed by atoms with Gasteiger partial charge in [-0.25, -0.2) is 14.4 Å². The van der Waals surface area contributed by atoms with E-state index in [1.807, 2.05) is 23.1 Å². The van der Waals surface area contributed by atoms with Crippen molar-refractivity contribution in [3.63, 3.8) is 0 Å². The number of carbonyl (C=O) groups excluding carboxylic acids is 1. The van der Waals surface area contributed by atoms with Gasteiger partial charge in [-0.3, -0.25) is 9.78 Å². The number of pyridine rings is 1. The third kappa shape index (κ3) is 5.69. The number of halogens is 1. The lowest BCUT2D eigenvalue weighted by Gasteiger charge is -2.32. The largest absolute Gasteiger partial charge is 0.424 e. The predicted octanol–water partition coefficient (Wildman–Crippen LogP) is 5.41.